The Hall–Kier alpha value is -1.20. The molecule has 0 spiro atoms. The van der Waals surface area contributed by atoms with Crippen LogP contribution in [0.15, 0.2) is 12.1 Å². The summed E-state index contributed by atoms with van der Waals surface area (Å²) >= 11 is 3.31. The van der Waals surface area contributed by atoms with Gasteiger partial charge >= 0.3 is 5.97 Å². The third-order valence-electron chi connectivity index (χ3n) is 2.71. The van der Waals surface area contributed by atoms with Crippen LogP contribution >= 0.6 is 22.7 Å². The van der Waals surface area contributed by atoms with E-state index in [0.717, 1.165) is 21.2 Å². The molecule has 0 fully saturated rings. The largest absolute Gasteiger partial charge is 0.461 e. The molecule has 0 unspecified atom stereocenters. The molecule has 5 heteroatoms. The van der Waals surface area contributed by atoms with E-state index in [0.29, 0.717) is 18.2 Å². The topological polar surface area (TPSA) is 39.2 Å². The van der Waals surface area contributed by atoms with Gasteiger partial charge in [-0.15, -0.1) is 22.7 Å². The molecular weight excluding hydrogens is 290 g/mol. The van der Waals surface area contributed by atoms with Gasteiger partial charge in [-0.05, 0) is 38.3 Å². The lowest BCUT2D eigenvalue weighted by Gasteiger charge is -2.04. The molecule has 0 aliphatic rings. The van der Waals surface area contributed by atoms with E-state index in [1.165, 1.54) is 4.88 Å². The van der Waals surface area contributed by atoms with Crippen molar-refractivity contribution < 1.29 is 9.53 Å². The van der Waals surface area contributed by atoms with E-state index in [2.05, 4.69) is 37.9 Å². The quantitative estimate of drug-likeness (QED) is 0.760. The number of thiazole rings is 1. The number of thiophene rings is 1. The van der Waals surface area contributed by atoms with E-state index in [4.69, 9.17) is 4.74 Å². The van der Waals surface area contributed by atoms with E-state index in [1.54, 1.807) is 22.7 Å². The summed E-state index contributed by atoms with van der Waals surface area (Å²) in [5, 5.41) is 0.918. The van der Waals surface area contributed by atoms with Gasteiger partial charge < -0.3 is 4.74 Å². The minimum atomic E-state index is -0.307. The van der Waals surface area contributed by atoms with Crippen LogP contribution in [0.5, 0.6) is 0 Å². The monoisotopic (exact) mass is 309 g/mol. The Morgan fingerprint density at radius 2 is 2.10 bits per heavy atom. The molecule has 2 aromatic rings. The van der Waals surface area contributed by atoms with E-state index < -0.39 is 0 Å². The average Bonchev–Trinajstić information content (AvgIpc) is 2.95. The number of carbonyl (C=O) groups is 1. The van der Waals surface area contributed by atoms with Crippen LogP contribution in [-0.4, -0.2) is 17.6 Å². The molecule has 0 atom stereocenters. The van der Waals surface area contributed by atoms with Crippen molar-refractivity contribution in [1.82, 2.24) is 4.98 Å². The van der Waals surface area contributed by atoms with Gasteiger partial charge in [0.05, 0.1) is 11.5 Å². The van der Waals surface area contributed by atoms with Gasteiger partial charge in [0, 0.05) is 9.75 Å². The zero-order chi connectivity index (χ0) is 14.7. The van der Waals surface area contributed by atoms with Crippen molar-refractivity contribution in [2.75, 3.05) is 6.61 Å². The molecule has 2 aromatic heterocycles. The van der Waals surface area contributed by atoms with Crippen LogP contribution in [0.3, 0.4) is 0 Å². The molecule has 3 nitrogen and oxygen atoms in total. The highest BCUT2D eigenvalue weighted by Gasteiger charge is 2.21. The maximum atomic E-state index is 12.0. The molecule has 2 rings (SSSR count). The number of aromatic nitrogens is 1. The molecule has 0 N–H and O–H groups in total. The highest BCUT2D eigenvalue weighted by molar-refractivity contribution is 7.21. The summed E-state index contributed by atoms with van der Waals surface area (Å²) < 4.78 is 5.11. The molecule has 0 bridgehead atoms. The van der Waals surface area contributed by atoms with Crippen LogP contribution in [-0.2, 0) is 11.2 Å². The number of nitrogens with zero attached hydrogens (tertiary/aromatic N) is 1. The molecule has 0 radical (unpaired) electrons. The Bertz CT molecular complexity index is 599. The van der Waals surface area contributed by atoms with Crippen LogP contribution in [0, 0.1) is 12.8 Å². The van der Waals surface area contributed by atoms with E-state index in [1.807, 2.05) is 6.92 Å². The fourth-order valence-corrected chi connectivity index (χ4v) is 4.06. The molecular formula is C15H19NO2S2. The van der Waals surface area contributed by atoms with Gasteiger partial charge in [-0.25, -0.2) is 9.78 Å². The second-order valence-electron chi connectivity index (χ2n) is 5.02. The molecule has 2 heterocycles. The average molecular weight is 309 g/mol. The van der Waals surface area contributed by atoms with Gasteiger partial charge in [0.15, 0.2) is 5.69 Å². The van der Waals surface area contributed by atoms with E-state index >= 15 is 0 Å². The van der Waals surface area contributed by atoms with Crippen LogP contribution in [0.4, 0.5) is 0 Å². The molecule has 0 aliphatic heterocycles. The number of esters is 1. The molecule has 0 amide bonds. The molecule has 20 heavy (non-hydrogen) atoms. The summed E-state index contributed by atoms with van der Waals surface area (Å²) in [4.78, 5) is 19.9. The first kappa shape index (κ1) is 15.2. The Kier molecular flexibility index (Phi) is 4.94. The Labute approximate surface area is 127 Å². The lowest BCUT2D eigenvalue weighted by molar-refractivity contribution is 0.0519. The molecule has 108 valence electrons. The Morgan fingerprint density at radius 1 is 1.35 bits per heavy atom. The van der Waals surface area contributed by atoms with Gasteiger partial charge in [-0.3, -0.25) is 0 Å². The molecule has 0 aromatic carbocycles. The minimum absolute atomic E-state index is 0.307. The predicted octanol–water partition coefficient (Wildman–Crippen LogP) is 4.56. The zero-order valence-electron chi connectivity index (χ0n) is 12.2. The lowest BCUT2D eigenvalue weighted by atomic mass is 10.1. The smallest absolute Gasteiger partial charge is 0.358 e. The predicted molar refractivity (Wildman–Crippen MR) is 84.7 cm³/mol. The Balaban J connectivity index is 2.38. The molecule has 0 saturated heterocycles. The van der Waals surface area contributed by atoms with Gasteiger partial charge in [-0.2, -0.15) is 0 Å². The first-order chi connectivity index (χ1) is 9.51. The zero-order valence-corrected chi connectivity index (χ0v) is 13.9. The van der Waals surface area contributed by atoms with Gasteiger partial charge in [0.1, 0.15) is 5.01 Å². The fourth-order valence-electron chi connectivity index (χ4n) is 1.87. The maximum Gasteiger partial charge on any atom is 0.358 e. The van der Waals surface area contributed by atoms with Crippen molar-refractivity contribution in [3.05, 3.63) is 27.6 Å². The highest BCUT2D eigenvalue weighted by atomic mass is 32.1. The SMILES string of the molecule is CCOC(=O)c1nc(-c2ccc(C)s2)sc1CC(C)C. The summed E-state index contributed by atoms with van der Waals surface area (Å²) in [5.41, 5.74) is 0.492. The van der Waals surface area contributed by atoms with Crippen molar-refractivity contribution in [2.24, 2.45) is 5.92 Å². The maximum absolute atomic E-state index is 12.0. The van der Waals surface area contributed by atoms with Crippen LogP contribution < -0.4 is 0 Å². The summed E-state index contributed by atoms with van der Waals surface area (Å²) in [5.74, 6) is 0.181. The van der Waals surface area contributed by atoms with Crippen molar-refractivity contribution in [1.29, 1.82) is 0 Å². The summed E-state index contributed by atoms with van der Waals surface area (Å²) in [6, 6.07) is 4.14. The minimum Gasteiger partial charge on any atom is -0.461 e. The van der Waals surface area contributed by atoms with Crippen LogP contribution in [0.1, 0.15) is 41.0 Å². The summed E-state index contributed by atoms with van der Waals surface area (Å²) in [6.45, 7) is 8.55. The van der Waals surface area contributed by atoms with Crippen molar-refractivity contribution >= 4 is 28.6 Å². The van der Waals surface area contributed by atoms with Crippen molar-refractivity contribution in [3.63, 3.8) is 0 Å². The van der Waals surface area contributed by atoms with Crippen LogP contribution in [0.2, 0.25) is 0 Å². The van der Waals surface area contributed by atoms with Crippen LogP contribution in [0.25, 0.3) is 9.88 Å². The Morgan fingerprint density at radius 3 is 2.65 bits per heavy atom. The number of aryl methyl sites for hydroxylation is 1. The summed E-state index contributed by atoms with van der Waals surface area (Å²) in [7, 11) is 0. The van der Waals surface area contributed by atoms with Crippen molar-refractivity contribution in [3.8, 4) is 9.88 Å². The standard InChI is InChI=1S/C15H19NO2S2/c1-5-18-15(17)13-12(8-9(2)3)20-14(16-13)11-7-6-10(4)19-11/h6-7,9H,5,8H2,1-4H3. The van der Waals surface area contributed by atoms with Gasteiger partial charge in [0.25, 0.3) is 0 Å². The lowest BCUT2D eigenvalue weighted by Crippen LogP contribution is -2.08. The first-order valence-corrected chi connectivity index (χ1v) is 8.38. The highest BCUT2D eigenvalue weighted by Crippen LogP contribution is 2.34. The second-order valence-corrected chi connectivity index (χ2v) is 7.39. The molecule has 0 aliphatic carbocycles. The third-order valence-corrected chi connectivity index (χ3v) is 4.96. The van der Waals surface area contributed by atoms with E-state index in [9.17, 15) is 4.79 Å². The van der Waals surface area contributed by atoms with Gasteiger partial charge in [-0.1, -0.05) is 13.8 Å². The van der Waals surface area contributed by atoms with E-state index in [-0.39, 0.29) is 5.97 Å². The number of hydrogen-bond acceptors (Lipinski definition) is 5. The number of ether oxygens (including phenoxy) is 1. The number of hydrogen-bond donors (Lipinski definition) is 0. The fraction of sp³-hybridized carbons (Fsp3) is 0.467. The first-order valence-electron chi connectivity index (χ1n) is 6.74. The molecule has 0 saturated carbocycles. The normalized spacial score (nSPS) is 11.1. The van der Waals surface area contributed by atoms with Crippen molar-refractivity contribution in [2.45, 2.75) is 34.1 Å². The summed E-state index contributed by atoms with van der Waals surface area (Å²) in [6.07, 6.45) is 0.857. The van der Waals surface area contributed by atoms with Gasteiger partial charge in [0.2, 0.25) is 0 Å². The second kappa shape index (κ2) is 6.50. The number of rotatable bonds is 5. The number of carbonyl (C=O) groups excluding carboxylic acids is 1. The third kappa shape index (κ3) is 3.46.